The van der Waals surface area contributed by atoms with E-state index in [-0.39, 0.29) is 5.54 Å². The predicted molar refractivity (Wildman–Crippen MR) is 76.3 cm³/mol. The topological polar surface area (TPSA) is 37.0 Å². The molecule has 0 aliphatic rings. The highest BCUT2D eigenvalue weighted by molar-refractivity contribution is 5.87. The monoisotopic (exact) mass is 246 g/mol. The van der Waals surface area contributed by atoms with Crippen molar-refractivity contribution in [3.63, 3.8) is 0 Å². The molecule has 0 amide bonds. The van der Waals surface area contributed by atoms with Crippen molar-refractivity contribution in [1.29, 1.82) is 0 Å². The fraction of sp³-hybridized carbons (Fsp3) is 0.467. The summed E-state index contributed by atoms with van der Waals surface area (Å²) in [5.41, 5.74) is 3.61. The van der Waals surface area contributed by atoms with Crippen molar-refractivity contribution in [2.24, 2.45) is 0 Å². The second-order valence-electron chi connectivity index (χ2n) is 5.14. The highest BCUT2D eigenvalue weighted by Crippen LogP contribution is 2.33. The second kappa shape index (κ2) is 4.65. The SMILES string of the molecule is CCOc1ccc2[nH]c(C)c(C(C)(C)NC)c2c1. The van der Waals surface area contributed by atoms with Crippen LogP contribution in [0.3, 0.4) is 0 Å². The number of benzene rings is 1. The summed E-state index contributed by atoms with van der Waals surface area (Å²) in [6.45, 7) is 9.20. The van der Waals surface area contributed by atoms with Crippen LogP contribution < -0.4 is 10.1 Å². The lowest BCUT2D eigenvalue weighted by atomic mass is 9.92. The summed E-state index contributed by atoms with van der Waals surface area (Å²) in [5.74, 6) is 0.928. The molecule has 0 spiro atoms. The number of rotatable bonds is 4. The van der Waals surface area contributed by atoms with E-state index in [1.54, 1.807) is 0 Å². The molecule has 0 saturated carbocycles. The third-order valence-electron chi connectivity index (χ3n) is 3.52. The molecule has 0 saturated heterocycles. The van der Waals surface area contributed by atoms with Gasteiger partial charge in [-0.2, -0.15) is 0 Å². The minimum atomic E-state index is -0.0623. The maximum absolute atomic E-state index is 5.59. The van der Waals surface area contributed by atoms with Crippen LogP contribution in [-0.2, 0) is 5.54 Å². The first-order valence-electron chi connectivity index (χ1n) is 6.44. The zero-order valence-corrected chi connectivity index (χ0v) is 11.8. The molecule has 1 heterocycles. The van der Waals surface area contributed by atoms with Crippen LogP contribution >= 0.6 is 0 Å². The molecule has 2 aromatic rings. The van der Waals surface area contributed by atoms with Crippen molar-refractivity contribution in [3.05, 3.63) is 29.5 Å². The summed E-state index contributed by atoms with van der Waals surface area (Å²) in [7, 11) is 1.99. The van der Waals surface area contributed by atoms with Gasteiger partial charge in [0.05, 0.1) is 6.61 Å². The lowest BCUT2D eigenvalue weighted by molar-refractivity contribution is 0.340. The summed E-state index contributed by atoms with van der Waals surface area (Å²) in [4.78, 5) is 3.44. The molecule has 0 atom stereocenters. The molecule has 0 aliphatic carbocycles. The Balaban J connectivity index is 2.64. The van der Waals surface area contributed by atoms with Gasteiger partial charge in [-0.15, -0.1) is 0 Å². The molecule has 2 rings (SSSR count). The molecule has 1 aromatic heterocycles. The number of ether oxygens (including phenoxy) is 1. The van der Waals surface area contributed by atoms with Crippen LogP contribution in [0.1, 0.15) is 32.0 Å². The van der Waals surface area contributed by atoms with Gasteiger partial charge in [-0.05, 0) is 58.5 Å². The molecule has 0 radical (unpaired) electrons. The molecule has 3 nitrogen and oxygen atoms in total. The summed E-state index contributed by atoms with van der Waals surface area (Å²) >= 11 is 0. The molecular formula is C15H22N2O. The lowest BCUT2D eigenvalue weighted by Gasteiger charge is -2.25. The number of aromatic amines is 1. The van der Waals surface area contributed by atoms with E-state index in [2.05, 4.69) is 43.2 Å². The number of aromatic nitrogens is 1. The van der Waals surface area contributed by atoms with Gasteiger partial charge in [-0.25, -0.2) is 0 Å². The maximum atomic E-state index is 5.59. The summed E-state index contributed by atoms with van der Waals surface area (Å²) in [6, 6.07) is 6.22. The standard InChI is InChI=1S/C15H22N2O/c1-6-18-11-7-8-13-12(9-11)14(10(2)17-13)15(3,4)16-5/h7-9,16-17H,6H2,1-5H3. The molecule has 2 N–H and O–H groups in total. The largest absolute Gasteiger partial charge is 0.494 e. The molecule has 0 unspecified atom stereocenters. The number of fused-ring (bicyclic) bond motifs is 1. The van der Waals surface area contributed by atoms with E-state index in [0.717, 1.165) is 11.3 Å². The normalized spacial score (nSPS) is 12.1. The average molecular weight is 246 g/mol. The van der Waals surface area contributed by atoms with Gasteiger partial charge in [0.15, 0.2) is 0 Å². The Hall–Kier alpha value is -1.48. The third-order valence-corrected chi connectivity index (χ3v) is 3.52. The van der Waals surface area contributed by atoms with Gasteiger partial charge >= 0.3 is 0 Å². The Morgan fingerprint density at radius 3 is 2.67 bits per heavy atom. The van der Waals surface area contributed by atoms with Gasteiger partial charge in [0.1, 0.15) is 5.75 Å². The van der Waals surface area contributed by atoms with E-state index in [9.17, 15) is 0 Å². The molecule has 98 valence electrons. The Morgan fingerprint density at radius 1 is 1.33 bits per heavy atom. The first-order chi connectivity index (χ1) is 8.49. The Morgan fingerprint density at radius 2 is 2.06 bits per heavy atom. The Bertz CT molecular complexity index is 555. The maximum Gasteiger partial charge on any atom is 0.120 e. The molecule has 3 heteroatoms. The molecule has 18 heavy (non-hydrogen) atoms. The van der Waals surface area contributed by atoms with Crippen molar-refractivity contribution in [2.75, 3.05) is 13.7 Å². The number of aryl methyl sites for hydroxylation is 1. The number of nitrogens with one attached hydrogen (secondary N) is 2. The van der Waals surface area contributed by atoms with Gasteiger partial charge in [0.25, 0.3) is 0 Å². The van der Waals surface area contributed by atoms with E-state index >= 15 is 0 Å². The first kappa shape index (κ1) is 13.0. The van der Waals surface area contributed by atoms with Crippen LogP contribution in [0.4, 0.5) is 0 Å². The van der Waals surface area contributed by atoms with Crippen LogP contribution in [0.25, 0.3) is 10.9 Å². The van der Waals surface area contributed by atoms with Crippen molar-refractivity contribution in [1.82, 2.24) is 10.3 Å². The van der Waals surface area contributed by atoms with Gasteiger partial charge in [0.2, 0.25) is 0 Å². The van der Waals surface area contributed by atoms with E-state index < -0.39 is 0 Å². The minimum Gasteiger partial charge on any atom is -0.494 e. The quantitative estimate of drug-likeness (QED) is 0.868. The molecule has 0 fully saturated rings. The Kier molecular flexibility index (Phi) is 3.35. The van der Waals surface area contributed by atoms with E-state index in [4.69, 9.17) is 4.74 Å². The molecular weight excluding hydrogens is 224 g/mol. The Labute approximate surface area is 109 Å². The van der Waals surface area contributed by atoms with Crippen LogP contribution in [-0.4, -0.2) is 18.6 Å². The third kappa shape index (κ3) is 2.10. The van der Waals surface area contributed by atoms with Crippen molar-refractivity contribution in [3.8, 4) is 5.75 Å². The van der Waals surface area contributed by atoms with Gasteiger partial charge < -0.3 is 15.0 Å². The summed E-state index contributed by atoms with van der Waals surface area (Å²) in [5, 5.41) is 4.60. The summed E-state index contributed by atoms with van der Waals surface area (Å²) < 4.78 is 5.59. The highest BCUT2D eigenvalue weighted by Gasteiger charge is 2.24. The highest BCUT2D eigenvalue weighted by atomic mass is 16.5. The van der Waals surface area contributed by atoms with E-state index in [1.165, 1.54) is 16.6 Å². The summed E-state index contributed by atoms with van der Waals surface area (Å²) in [6.07, 6.45) is 0. The van der Waals surface area contributed by atoms with Crippen LogP contribution in [0, 0.1) is 6.92 Å². The minimum absolute atomic E-state index is 0.0623. The van der Waals surface area contributed by atoms with Crippen LogP contribution in [0.5, 0.6) is 5.75 Å². The fourth-order valence-corrected chi connectivity index (χ4v) is 2.49. The van der Waals surface area contributed by atoms with Gasteiger partial charge in [-0.1, -0.05) is 0 Å². The zero-order chi connectivity index (χ0) is 13.3. The van der Waals surface area contributed by atoms with Crippen LogP contribution in [0.2, 0.25) is 0 Å². The number of hydrogen-bond acceptors (Lipinski definition) is 2. The number of H-pyrrole nitrogens is 1. The predicted octanol–water partition coefficient (Wildman–Crippen LogP) is 3.33. The van der Waals surface area contributed by atoms with Crippen molar-refractivity contribution < 1.29 is 4.74 Å². The molecule has 0 bridgehead atoms. The van der Waals surface area contributed by atoms with Crippen molar-refractivity contribution in [2.45, 2.75) is 33.2 Å². The lowest BCUT2D eigenvalue weighted by Crippen LogP contribution is -2.33. The first-order valence-corrected chi connectivity index (χ1v) is 6.44. The zero-order valence-electron chi connectivity index (χ0n) is 11.8. The van der Waals surface area contributed by atoms with Gasteiger partial charge in [0, 0.05) is 22.1 Å². The van der Waals surface area contributed by atoms with Gasteiger partial charge in [-0.3, -0.25) is 0 Å². The molecule has 0 aliphatic heterocycles. The van der Waals surface area contributed by atoms with E-state index in [1.807, 2.05) is 20.0 Å². The second-order valence-corrected chi connectivity index (χ2v) is 5.14. The van der Waals surface area contributed by atoms with E-state index in [0.29, 0.717) is 6.61 Å². The van der Waals surface area contributed by atoms with Crippen LogP contribution in [0.15, 0.2) is 18.2 Å². The molecule has 1 aromatic carbocycles. The number of hydrogen-bond donors (Lipinski definition) is 2. The fourth-order valence-electron chi connectivity index (χ4n) is 2.49. The smallest absolute Gasteiger partial charge is 0.120 e. The van der Waals surface area contributed by atoms with Crippen molar-refractivity contribution >= 4 is 10.9 Å². The average Bonchev–Trinajstić information content (AvgIpc) is 2.65.